The number of benzene rings is 3. The number of nitro benzene ring substituents is 1. The van der Waals surface area contributed by atoms with Crippen LogP contribution in [0.2, 0.25) is 5.02 Å². The summed E-state index contributed by atoms with van der Waals surface area (Å²) >= 11 is 7.22. The first-order chi connectivity index (χ1) is 33.3. The van der Waals surface area contributed by atoms with E-state index in [4.69, 9.17) is 21.3 Å². The number of H-pyrrole nitrogens is 1. The molecule has 0 bridgehead atoms. The van der Waals surface area contributed by atoms with Gasteiger partial charge in [0.2, 0.25) is 0 Å². The Morgan fingerprint density at radius 3 is 2.46 bits per heavy atom. The molecule has 1 atom stereocenters. The van der Waals surface area contributed by atoms with Crippen molar-refractivity contribution in [1.82, 2.24) is 19.6 Å². The summed E-state index contributed by atoms with van der Waals surface area (Å²) in [5, 5.41) is 16.9. The Hall–Kier alpha value is -5.34. The van der Waals surface area contributed by atoms with Gasteiger partial charge in [0.25, 0.3) is 21.6 Å². The van der Waals surface area contributed by atoms with E-state index in [0.717, 1.165) is 63.4 Å². The first kappa shape index (κ1) is 49.6. The molecule has 2 fully saturated rings. The molecule has 20 heteroatoms. The number of carbonyl (C=O) groups excluding carboxylic acids is 1. The molecule has 9 rings (SSSR count). The lowest BCUT2D eigenvalue weighted by molar-refractivity contribution is -0.384. The van der Waals surface area contributed by atoms with E-state index in [1.54, 1.807) is 30.5 Å². The summed E-state index contributed by atoms with van der Waals surface area (Å²) in [6.45, 7) is 10.0. The van der Waals surface area contributed by atoms with Crippen molar-refractivity contribution < 1.29 is 36.0 Å². The summed E-state index contributed by atoms with van der Waals surface area (Å²) in [5.74, 6) is -1.29. The monoisotopic (exact) mass is 1020 g/mol. The summed E-state index contributed by atoms with van der Waals surface area (Å²) in [6, 6.07) is 19.6. The topological polar surface area (TPSA) is 166 Å². The number of anilines is 4. The van der Waals surface area contributed by atoms with Crippen molar-refractivity contribution in [3.8, 4) is 0 Å². The van der Waals surface area contributed by atoms with Gasteiger partial charge in [-0.2, -0.15) is 13.2 Å². The molecule has 5 aromatic rings. The molecule has 2 aromatic heterocycles. The zero-order valence-electron chi connectivity index (χ0n) is 39.2. The summed E-state index contributed by atoms with van der Waals surface area (Å²) in [6.07, 6.45) is 1.53. The lowest BCUT2D eigenvalue weighted by Crippen LogP contribution is -2.47. The second-order valence-electron chi connectivity index (χ2n) is 19.9. The van der Waals surface area contributed by atoms with E-state index in [2.05, 4.69) is 50.8 Å². The highest BCUT2D eigenvalue weighted by atomic mass is 35.5. The molecule has 0 radical (unpaired) electrons. The maximum atomic E-state index is 15.2. The second kappa shape index (κ2) is 19.7. The summed E-state index contributed by atoms with van der Waals surface area (Å²) in [5.41, 5.74) is 2.65. The molecular formula is C50H56ClF3N8O6S2. The average Bonchev–Trinajstić information content (AvgIpc) is 3.73. The average molecular weight is 1020 g/mol. The molecule has 1 aliphatic carbocycles. The number of carbonyl (C=O) groups is 1. The van der Waals surface area contributed by atoms with Gasteiger partial charge in [0.1, 0.15) is 16.4 Å². The number of thioether (sulfide) groups is 1. The number of fused-ring (bicyclic) bond motifs is 2. The van der Waals surface area contributed by atoms with Crippen molar-refractivity contribution in [2.24, 2.45) is 16.7 Å². The van der Waals surface area contributed by atoms with Gasteiger partial charge in [-0.05, 0) is 116 Å². The number of rotatable bonds is 12. The maximum Gasteiger partial charge on any atom is 0.396 e. The van der Waals surface area contributed by atoms with Crippen LogP contribution in [0.1, 0.15) is 68.8 Å². The van der Waals surface area contributed by atoms with Crippen molar-refractivity contribution >= 4 is 84.3 Å². The van der Waals surface area contributed by atoms with E-state index >= 15 is 13.2 Å². The number of pyridine rings is 1. The third-order valence-corrected chi connectivity index (χ3v) is 17.1. The minimum Gasteiger partial charge on any atom is -0.381 e. The van der Waals surface area contributed by atoms with E-state index in [0.29, 0.717) is 78.4 Å². The Kier molecular flexibility index (Phi) is 14.0. The minimum atomic E-state index is -4.77. The zero-order valence-corrected chi connectivity index (χ0v) is 41.6. The molecular weight excluding hydrogens is 965 g/mol. The molecule has 0 saturated carbocycles. The van der Waals surface area contributed by atoms with Crippen molar-refractivity contribution in [3.63, 3.8) is 0 Å². The van der Waals surface area contributed by atoms with Crippen molar-refractivity contribution in [2.75, 3.05) is 79.9 Å². The number of aromatic amines is 1. The predicted octanol–water partition coefficient (Wildman–Crippen LogP) is 10.7. The van der Waals surface area contributed by atoms with Gasteiger partial charge in [-0.25, -0.2) is 18.1 Å². The van der Waals surface area contributed by atoms with E-state index < -0.39 is 49.6 Å². The summed E-state index contributed by atoms with van der Waals surface area (Å²) in [7, 11) is -4.77. The highest BCUT2D eigenvalue weighted by Crippen LogP contribution is 2.51. The first-order valence-corrected chi connectivity index (χ1v) is 26.3. The fourth-order valence-electron chi connectivity index (χ4n) is 9.80. The van der Waals surface area contributed by atoms with Crippen LogP contribution in [0.25, 0.3) is 16.6 Å². The Morgan fingerprint density at radius 1 is 1.00 bits per heavy atom. The van der Waals surface area contributed by atoms with Crippen LogP contribution >= 0.6 is 23.4 Å². The molecule has 1 unspecified atom stereocenters. The normalized spacial score (nSPS) is 20.6. The number of hydrogen-bond acceptors (Lipinski definition) is 12. The Morgan fingerprint density at radius 2 is 1.74 bits per heavy atom. The SMILES string of the molecule is CC1(C)CCC(CN2CCN(c3ccc(C(=O)NS(=O)(=O)c4ccc(NCC5CCOCC5)c([N+](=O)[O-])c4)c(N4CC(C)(C(F)(F)F)CSc5nc6[nH]ccc6cc54)c3)CC2)=C(c2ccc(Cl)cc2)C1. The van der Waals surface area contributed by atoms with Crippen LogP contribution in [-0.2, 0) is 14.8 Å². The van der Waals surface area contributed by atoms with Gasteiger partial charge in [0.05, 0.1) is 32.2 Å². The number of nitrogens with one attached hydrogen (secondary N) is 3. The lowest BCUT2D eigenvalue weighted by atomic mass is 9.72. The van der Waals surface area contributed by atoms with Gasteiger partial charge in [0.15, 0.2) is 0 Å². The zero-order chi connectivity index (χ0) is 49.6. The van der Waals surface area contributed by atoms with Crippen LogP contribution < -0.4 is 19.8 Å². The van der Waals surface area contributed by atoms with Crippen molar-refractivity contribution in [3.05, 3.63) is 111 Å². The Bertz CT molecular complexity index is 2940. The molecule has 3 aliphatic heterocycles. The third kappa shape index (κ3) is 10.6. The molecule has 3 aromatic carbocycles. The van der Waals surface area contributed by atoms with E-state index in [-0.39, 0.29) is 34.0 Å². The highest BCUT2D eigenvalue weighted by molar-refractivity contribution is 7.99. The van der Waals surface area contributed by atoms with Crippen LogP contribution in [0.15, 0.2) is 94.5 Å². The van der Waals surface area contributed by atoms with Gasteiger partial charge in [-0.3, -0.25) is 19.8 Å². The fraction of sp³-hybridized carbons (Fsp3) is 0.440. The smallest absolute Gasteiger partial charge is 0.381 e. The van der Waals surface area contributed by atoms with Gasteiger partial charge in [-0.15, -0.1) is 11.8 Å². The molecule has 4 aliphatic rings. The van der Waals surface area contributed by atoms with Crippen LogP contribution in [0.3, 0.4) is 0 Å². The molecule has 5 heterocycles. The van der Waals surface area contributed by atoms with Crippen LogP contribution in [-0.4, -0.2) is 105 Å². The lowest BCUT2D eigenvalue weighted by Gasteiger charge is -2.40. The van der Waals surface area contributed by atoms with Crippen LogP contribution in [0.4, 0.5) is 41.6 Å². The van der Waals surface area contributed by atoms with Crippen molar-refractivity contribution in [2.45, 2.75) is 69.0 Å². The number of halogens is 4. The number of nitrogens with zero attached hydrogens (tertiary/aromatic N) is 5. The minimum absolute atomic E-state index is 0.0461. The molecule has 70 heavy (non-hydrogen) atoms. The number of amides is 1. The van der Waals surface area contributed by atoms with Gasteiger partial charge >= 0.3 is 6.18 Å². The second-order valence-corrected chi connectivity index (χ2v) is 22.9. The highest BCUT2D eigenvalue weighted by Gasteiger charge is 2.54. The predicted molar refractivity (Wildman–Crippen MR) is 269 cm³/mol. The van der Waals surface area contributed by atoms with Gasteiger partial charge in [0, 0.05) is 93.1 Å². The Labute approximate surface area is 414 Å². The van der Waals surface area contributed by atoms with Crippen LogP contribution in [0, 0.1) is 26.9 Å². The van der Waals surface area contributed by atoms with Gasteiger partial charge < -0.3 is 24.8 Å². The van der Waals surface area contributed by atoms with Crippen molar-refractivity contribution in [1.29, 1.82) is 0 Å². The number of sulfonamides is 1. The van der Waals surface area contributed by atoms with Gasteiger partial charge in [-0.1, -0.05) is 43.2 Å². The third-order valence-electron chi connectivity index (χ3n) is 14.2. The summed E-state index contributed by atoms with van der Waals surface area (Å²) in [4.78, 5) is 39.3. The van der Waals surface area contributed by atoms with E-state index in [1.807, 2.05) is 12.1 Å². The molecule has 2 saturated heterocycles. The quantitative estimate of drug-likeness (QED) is 0.0801. The van der Waals surface area contributed by atoms with E-state index in [1.165, 1.54) is 39.8 Å². The number of hydrogen-bond donors (Lipinski definition) is 3. The number of allylic oxidation sites excluding steroid dienone is 1. The summed E-state index contributed by atoms with van der Waals surface area (Å²) < 4.78 is 81.2. The standard InChI is InChI=1S/C50H56ClF3N8O6S2/c1-48(2)16-12-35(40(27-48)33-4-6-36(51)7-5-33)29-59-18-20-60(21-19-59)37-8-10-39(42(25-37)61-30-49(3,50(52,53)54)31-69-47-44(61)24-34-13-17-55-45(34)57-47)46(63)58-70(66,67)38-9-11-41(43(26-38)62(64)65)56-28-32-14-22-68-23-15-32/h4-11,13,17,24-26,32,56H,12,14-16,18-23,27-31H2,1-3H3,(H,55,57)(H,58,63). The number of alkyl halides is 3. The Balaban J connectivity index is 1.04. The van der Waals surface area contributed by atoms with Crippen LogP contribution in [0.5, 0.6) is 0 Å². The maximum absolute atomic E-state index is 15.2. The molecule has 14 nitrogen and oxygen atoms in total. The fourth-order valence-corrected chi connectivity index (χ4v) is 12.1. The molecule has 372 valence electrons. The number of nitro groups is 1. The molecule has 0 spiro atoms. The molecule has 3 N–H and O–H groups in total. The number of aromatic nitrogens is 2. The first-order valence-electron chi connectivity index (χ1n) is 23.5. The largest absolute Gasteiger partial charge is 0.396 e. The van der Waals surface area contributed by atoms with E-state index in [9.17, 15) is 23.3 Å². The number of ether oxygens (including phenoxy) is 1. The molecule has 1 amide bonds. The number of piperazine rings is 1.